The minimum atomic E-state index is -0.206. The Labute approximate surface area is 197 Å². The Morgan fingerprint density at radius 3 is 2.41 bits per heavy atom. The van der Waals surface area contributed by atoms with Gasteiger partial charge in [-0.3, -0.25) is 4.79 Å². The molecule has 0 saturated carbocycles. The lowest BCUT2D eigenvalue weighted by Crippen LogP contribution is -2.03. The van der Waals surface area contributed by atoms with E-state index in [9.17, 15) is 10.1 Å². The lowest BCUT2D eigenvalue weighted by atomic mass is 9.96. The van der Waals surface area contributed by atoms with Crippen molar-refractivity contribution in [2.45, 2.75) is 0 Å². The SMILES string of the molecule is N#Cc1c(-c2c[nH]c3ccccc23)[nH]c(C(=O)c2ccc(Cl)cc2)c1-c1ccc(Br)cc1. The molecule has 0 saturated heterocycles. The number of H-pyrrole nitrogens is 2. The molecule has 2 aromatic heterocycles. The second kappa shape index (κ2) is 8.16. The molecule has 4 nitrogen and oxygen atoms in total. The summed E-state index contributed by atoms with van der Waals surface area (Å²) in [5.41, 5.74) is 5.05. The average molecular weight is 501 g/mol. The molecular weight excluding hydrogens is 486 g/mol. The first-order valence-corrected chi connectivity index (χ1v) is 11.0. The lowest BCUT2D eigenvalue weighted by Gasteiger charge is -2.05. The van der Waals surface area contributed by atoms with Gasteiger partial charge in [-0.1, -0.05) is 57.9 Å². The number of hydrogen-bond donors (Lipinski definition) is 2. The van der Waals surface area contributed by atoms with Crippen molar-refractivity contribution in [1.82, 2.24) is 9.97 Å². The molecule has 3 aromatic carbocycles. The number of rotatable bonds is 4. The second-order valence-electron chi connectivity index (χ2n) is 7.33. The molecule has 2 heterocycles. The summed E-state index contributed by atoms with van der Waals surface area (Å²) in [5, 5.41) is 11.7. The molecule has 5 rings (SSSR count). The molecule has 0 unspecified atom stereocenters. The number of halogens is 2. The summed E-state index contributed by atoms with van der Waals surface area (Å²) < 4.78 is 0.915. The van der Waals surface area contributed by atoms with E-state index in [0.29, 0.717) is 33.1 Å². The third-order valence-electron chi connectivity index (χ3n) is 5.44. The standard InChI is InChI=1S/C26H15BrClN3O/c27-17-9-5-15(6-10-17)23-20(13-29)24(21-14-30-22-4-2-1-3-19(21)22)31-25(23)26(32)16-7-11-18(28)12-8-16/h1-12,14,30-31H. The molecule has 0 aliphatic rings. The molecular formula is C26H15BrClN3O. The number of nitrogens with zero attached hydrogens (tertiary/aromatic N) is 1. The molecule has 5 aromatic rings. The van der Waals surface area contributed by atoms with Gasteiger partial charge in [-0.25, -0.2) is 0 Å². The Morgan fingerprint density at radius 2 is 1.69 bits per heavy atom. The van der Waals surface area contributed by atoms with E-state index in [1.165, 1.54) is 0 Å². The van der Waals surface area contributed by atoms with E-state index in [-0.39, 0.29) is 5.78 Å². The number of hydrogen-bond acceptors (Lipinski definition) is 2. The number of carbonyl (C=O) groups excluding carboxylic acids is 1. The summed E-state index contributed by atoms with van der Waals surface area (Å²) in [6.07, 6.45) is 1.86. The lowest BCUT2D eigenvalue weighted by molar-refractivity contribution is 0.103. The predicted octanol–water partition coefficient (Wildman–Crippen LogP) is 7.35. The molecule has 0 spiro atoms. The summed E-state index contributed by atoms with van der Waals surface area (Å²) in [6.45, 7) is 0. The summed E-state index contributed by atoms with van der Waals surface area (Å²) in [4.78, 5) is 20.1. The van der Waals surface area contributed by atoms with E-state index in [2.05, 4.69) is 32.0 Å². The van der Waals surface area contributed by atoms with Gasteiger partial charge in [0, 0.05) is 43.3 Å². The molecule has 6 heteroatoms. The maximum atomic E-state index is 13.5. The van der Waals surface area contributed by atoms with E-state index in [4.69, 9.17) is 11.6 Å². The number of ketones is 1. The molecule has 0 aliphatic heterocycles. The first-order chi connectivity index (χ1) is 15.6. The van der Waals surface area contributed by atoms with Crippen molar-refractivity contribution in [3.05, 3.63) is 105 Å². The number of para-hydroxylation sites is 1. The van der Waals surface area contributed by atoms with Crippen LogP contribution in [0.5, 0.6) is 0 Å². The number of fused-ring (bicyclic) bond motifs is 1. The first-order valence-electron chi connectivity index (χ1n) is 9.85. The van der Waals surface area contributed by atoms with Crippen LogP contribution in [0.25, 0.3) is 33.3 Å². The fourth-order valence-corrected chi connectivity index (χ4v) is 4.30. The molecule has 0 aliphatic carbocycles. The van der Waals surface area contributed by atoms with Gasteiger partial charge in [0.25, 0.3) is 0 Å². The highest BCUT2D eigenvalue weighted by Gasteiger charge is 2.26. The average Bonchev–Trinajstić information content (AvgIpc) is 3.41. The Bertz CT molecular complexity index is 1510. The molecule has 0 bridgehead atoms. The maximum absolute atomic E-state index is 13.5. The van der Waals surface area contributed by atoms with Gasteiger partial charge in [-0.2, -0.15) is 5.26 Å². The zero-order valence-corrected chi connectivity index (χ0v) is 19.0. The molecule has 0 fully saturated rings. The topological polar surface area (TPSA) is 72.4 Å². The summed E-state index contributed by atoms with van der Waals surface area (Å²) in [7, 11) is 0. The van der Waals surface area contributed by atoms with Crippen molar-refractivity contribution >= 4 is 44.2 Å². The summed E-state index contributed by atoms with van der Waals surface area (Å²) in [5.74, 6) is -0.206. The summed E-state index contributed by atoms with van der Waals surface area (Å²) in [6, 6.07) is 24.5. The molecule has 154 valence electrons. The Kier molecular flexibility index (Phi) is 5.18. The zero-order valence-electron chi connectivity index (χ0n) is 16.6. The fraction of sp³-hybridized carbons (Fsp3) is 0. The maximum Gasteiger partial charge on any atom is 0.209 e. The van der Waals surface area contributed by atoms with Crippen molar-refractivity contribution in [2.24, 2.45) is 0 Å². The van der Waals surface area contributed by atoms with Crippen molar-refractivity contribution in [3.63, 3.8) is 0 Å². The van der Waals surface area contributed by atoms with Gasteiger partial charge < -0.3 is 9.97 Å². The van der Waals surface area contributed by atoms with E-state index >= 15 is 0 Å². The van der Waals surface area contributed by atoms with E-state index in [0.717, 1.165) is 26.5 Å². The minimum Gasteiger partial charge on any atom is -0.360 e. The van der Waals surface area contributed by atoms with Crippen LogP contribution in [0.1, 0.15) is 21.6 Å². The van der Waals surface area contributed by atoms with Gasteiger partial charge in [-0.15, -0.1) is 0 Å². The van der Waals surface area contributed by atoms with Gasteiger partial charge in [0.05, 0.1) is 17.0 Å². The fourth-order valence-electron chi connectivity index (χ4n) is 3.91. The molecule has 2 N–H and O–H groups in total. The van der Waals surface area contributed by atoms with Crippen LogP contribution < -0.4 is 0 Å². The number of aromatic amines is 2. The van der Waals surface area contributed by atoms with Gasteiger partial charge in [0.1, 0.15) is 6.07 Å². The second-order valence-corrected chi connectivity index (χ2v) is 8.68. The van der Waals surface area contributed by atoms with Gasteiger partial charge >= 0.3 is 0 Å². The smallest absolute Gasteiger partial charge is 0.209 e. The van der Waals surface area contributed by atoms with E-state index in [1.807, 2.05) is 54.7 Å². The van der Waals surface area contributed by atoms with Gasteiger partial charge in [0.15, 0.2) is 0 Å². The van der Waals surface area contributed by atoms with Crippen LogP contribution in [0.15, 0.2) is 83.5 Å². The number of nitriles is 1. The number of nitrogens with one attached hydrogen (secondary N) is 2. The van der Waals surface area contributed by atoms with Crippen LogP contribution in [-0.4, -0.2) is 15.8 Å². The van der Waals surface area contributed by atoms with Crippen LogP contribution in [0, 0.1) is 11.3 Å². The quantitative estimate of drug-likeness (QED) is 0.253. The van der Waals surface area contributed by atoms with Gasteiger partial charge in [0.2, 0.25) is 5.78 Å². The first kappa shape index (κ1) is 20.3. The van der Waals surface area contributed by atoms with Gasteiger partial charge in [-0.05, 0) is 48.0 Å². The van der Waals surface area contributed by atoms with E-state index in [1.54, 1.807) is 24.3 Å². The van der Waals surface area contributed by atoms with Crippen LogP contribution in [0.3, 0.4) is 0 Å². The Morgan fingerprint density at radius 1 is 0.969 bits per heavy atom. The van der Waals surface area contributed by atoms with Crippen LogP contribution in [0.2, 0.25) is 5.02 Å². The third kappa shape index (κ3) is 3.44. The van der Waals surface area contributed by atoms with Crippen LogP contribution in [0.4, 0.5) is 0 Å². The predicted molar refractivity (Wildman–Crippen MR) is 131 cm³/mol. The van der Waals surface area contributed by atoms with Crippen LogP contribution >= 0.6 is 27.5 Å². The molecule has 0 atom stereocenters. The number of benzene rings is 3. The van der Waals surface area contributed by atoms with Crippen molar-refractivity contribution in [2.75, 3.05) is 0 Å². The molecule has 32 heavy (non-hydrogen) atoms. The third-order valence-corrected chi connectivity index (χ3v) is 6.22. The van der Waals surface area contributed by atoms with Crippen molar-refractivity contribution in [1.29, 1.82) is 5.26 Å². The normalized spacial score (nSPS) is 10.9. The summed E-state index contributed by atoms with van der Waals surface area (Å²) >= 11 is 9.46. The van der Waals surface area contributed by atoms with Crippen LogP contribution in [-0.2, 0) is 0 Å². The highest BCUT2D eigenvalue weighted by Crippen LogP contribution is 2.39. The minimum absolute atomic E-state index is 0.206. The highest BCUT2D eigenvalue weighted by atomic mass is 79.9. The zero-order chi connectivity index (χ0) is 22.2. The van der Waals surface area contributed by atoms with E-state index < -0.39 is 0 Å². The van der Waals surface area contributed by atoms with Crippen molar-refractivity contribution < 1.29 is 4.79 Å². The molecule has 0 radical (unpaired) electrons. The van der Waals surface area contributed by atoms with Crippen molar-refractivity contribution in [3.8, 4) is 28.5 Å². The molecule has 0 amide bonds. The Hall–Kier alpha value is -3.59. The number of carbonyl (C=O) groups is 1. The highest BCUT2D eigenvalue weighted by molar-refractivity contribution is 9.10. The number of aromatic nitrogens is 2. The monoisotopic (exact) mass is 499 g/mol. The Balaban J connectivity index is 1.79. The largest absolute Gasteiger partial charge is 0.360 e.